The number of hydrogen-bond donors (Lipinski definition) is 2. The van der Waals surface area contributed by atoms with Crippen molar-refractivity contribution in [1.29, 1.82) is 0 Å². The Morgan fingerprint density at radius 2 is 2.47 bits per heavy atom. The van der Waals surface area contributed by atoms with Crippen LogP contribution in [0.1, 0.15) is 23.7 Å². The lowest BCUT2D eigenvalue weighted by Crippen LogP contribution is -2.06. The van der Waals surface area contributed by atoms with Crippen LogP contribution in [-0.4, -0.2) is 27.8 Å². The first kappa shape index (κ1) is 11.0. The monoisotopic (exact) mass is 205 g/mol. The number of anilines is 1. The molecule has 0 atom stereocenters. The van der Waals surface area contributed by atoms with Crippen LogP contribution in [0.15, 0.2) is 12.3 Å². The lowest BCUT2D eigenvalue weighted by atomic mass is 10.3. The molecule has 1 heterocycles. The summed E-state index contributed by atoms with van der Waals surface area (Å²) in [5, 5.41) is 19.0. The van der Waals surface area contributed by atoms with E-state index in [1.54, 1.807) is 6.92 Å². The fourth-order valence-corrected chi connectivity index (χ4v) is 0.948. The molecule has 0 aliphatic heterocycles. The predicted molar refractivity (Wildman–Crippen MR) is 55.5 cm³/mol. The van der Waals surface area contributed by atoms with Crippen LogP contribution in [0.4, 0.5) is 5.82 Å². The average Bonchev–Trinajstić information content (AvgIpc) is 2.25. The van der Waals surface area contributed by atoms with E-state index in [9.17, 15) is 4.79 Å². The number of nitrogens with zero attached hydrogens (tertiary/aromatic N) is 2. The van der Waals surface area contributed by atoms with Gasteiger partial charge in [-0.2, -0.15) is 5.10 Å². The van der Waals surface area contributed by atoms with Gasteiger partial charge < -0.3 is 10.4 Å². The molecule has 0 aliphatic carbocycles. The SMILES string of the molecule is CC#CCCNc1cc(C(=O)O)cnn1. The van der Waals surface area contributed by atoms with Crippen LogP contribution in [0.2, 0.25) is 0 Å². The molecule has 0 bridgehead atoms. The average molecular weight is 205 g/mol. The van der Waals surface area contributed by atoms with Crippen molar-refractivity contribution in [1.82, 2.24) is 10.2 Å². The summed E-state index contributed by atoms with van der Waals surface area (Å²) in [6.45, 7) is 2.39. The zero-order valence-corrected chi connectivity index (χ0v) is 8.32. The second kappa shape index (κ2) is 5.60. The van der Waals surface area contributed by atoms with Gasteiger partial charge in [0.25, 0.3) is 0 Å². The molecule has 1 aromatic rings. The van der Waals surface area contributed by atoms with Gasteiger partial charge in [-0.25, -0.2) is 4.79 Å². The molecular weight excluding hydrogens is 194 g/mol. The van der Waals surface area contributed by atoms with E-state index in [1.807, 2.05) is 0 Å². The van der Waals surface area contributed by atoms with E-state index in [0.29, 0.717) is 18.8 Å². The fourth-order valence-electron chi connectivity index (χ4n) is 0.948. The molecule has 5 heteroatoms. The van der Waals surface area contributed by atoms with Gasteiger partial charge in [0.2, 0.25) is 0 Å². The molecule has 0 aliphatic rings. The van der Waals surface area contributed by atoms with E-state index < -0.39 is 5.97 Å². The molecule has 0 aromatic carbocycles. The maximum atomic E-state index is 10.6. The molecule has 1 aromatic heterocycles. The Morgan fingerprint density at radius 3 is 3.13 bits per heavy atom. The first-order valence-corrected chi connectivity index (χ1v) is 4.43. The maximum Gasteiger partial charge on any atom is 0.337 e. The minimum absolute atomic E-state index is 0.120. The number of carboxylic acids is 1. The van der Waals surface area contributed by atoms with Crippen LogP contribution >= 0.6 is 0 Å². The normalized spacial score (nSPS) is 8.87. The van der Waals surface area contributed by atoms with Crippen LogP contribution in [0.5, 0.6) is 0 Å². The Labute approximate surface area is 87.5 Å². The van der Waals surface area contributed by atoms with E-state index >= 15 is 0 Å². The highest BCUT2D eigenvalue weighted by Crippen LogP contribution is 2.04. The Morgan fingerprint density at radius 1 is 1.67 bits per heavy atom. The molecule has 0 saturated carbocycles. The fraction of sp³-hybridized carbons (Fsp3) is 0.300. The van der Waals surface area contributed by atoms with Gasteiger partial charge in [-0.05, 0) is 13.0 Å². The Balaban J connectivity index is 2.56. The molecule has 0 radical (unpaired) electrons. The molecule has 0 spiro atoms. The van der Waals surface area contributed by atoms with Crippen molar-refractivity contribution in [2.75, 3.05) is 11.9 Å². The summed E-state index contributed by atoms with van der Waals surface area (Å²) in [7, 11) is 0. The lowest BCUT2D eigenvalue weighted by Gasteiger charge is -2.02. The van der Waals surface area contributed by atoms with E-state index in [0.717, 1.165) is 0 Å². The van der Waals surface area contributed by atoms with Crippen LogP contribution in [0, 0.1) is 11.8 Å². The molecule has 5 nitrogen and oxygen atoms in total. The molecule has 78 valence electrons. The number of aromatic nitrogens is 2. The molecule has 1 rings (SSSR count). The number of carbonyl (C=O) groups is 1. The Bertz CT molecular complexity index is 407. The van der Waals surface area contributed by atoms with E-state index in [1.165, 1.54) is 12.3 Å². The third-order valence-corrected chi connectivity index (χ3v) is 1.63. The summed E-state index contributed by atoms with van der Waals surface area (Å²) in [5.74, 6) is 5.08. The first-order valence-electron chi connectivity index (χ1n) is 4.43. The second-order valence-electron chi connectivity index (χ2n) is 2.74. The third kappa shape index (κ3) is 3.65. The topological polar surface area (TPSA) is 75.1 Å². The zero-order valence-electron chi connectivity index (χ0n) is 8.32. The summed E-state index contributed by atoms with van der Waals surface area (Å²) in [6.07, 6.45) is 1.90. The van der Waals surface area contributed by atoms with Crippen molar-refractivity contribution >= 4 is 11.8 Å². The van der Waals surface area contributed by atoms with E-state index in [2.05, 4.69) is 27.4 Å². The number of aromatic carboxylic acids is 1. The number of rotatable bonds is 4. The minimum atomic E-state index is -1.01. The lowest BCUT2D eigenvalue weighted by molar-refractivity contribution is 0.0696. The molecule has 0 unspecified atom stereocenters. The summed E-state index contributed by atoms with van der Waals surface area (Å²) in [6, 6.07) is 1.44. The predicted octanol–water partition coefficient (Wildman–Crippen LogP) is 1.00. The minimum Gasteiger partial charge on any atom is -0.478 e. The highest BCUT2D eigenvalue weighted by atomic mass is 16.4. The Kier molecular flexibility index (Phi) is 4.10. The van der Waals surface area contributed by atoms with Crippen LogP contribution in [-0.2, 0) is 0 Å². The number of hydrogen-bond acceptors (Lipinski definition) is 4. The zero-order chi connectivity index (χ0) is 11.1. The number of nitrogens with one attached hydrogen (secondary N) is 1. The maximum absolute atomic E-state index is 10.6. The molecule has 0 saturated heterocycles. The number of carboxylic acid groups (broad SMARTS) is 1. The van der Waals surface area contributed by atoms with Gasteiger partial charge in [0.1, 0.15) is 5.82 Å². The summed E-state index contributed by atoms with van der Waals surface area (Å²) >= 11 is 0. The van der Waals surface area contributed by atoms with Crippen LogP contribution in [0.3, 0.4) is 0 Å². The van der Waals surface area contributed by atoms with Crippen molar-refractivity contribution in [3.05, 3.63) is 17.8 Å². The van der Waals surface area contributed by atoms with Gasteiger partial charge in [0.15, 0.2) is 0 Å². The van der Waals surface area contributed by atoms with Gasteiger partial charge in [-0.3, -0.25) is 0 Å². The van der Waals surface area contributed by atoms with Crippen LogP contribution in [0.25, 0.3) is 0 Å². The second-order valence-corrected chi connectivity index (χ2v) is 2.74. The quantitative estimate of drug-likeness (QED) is 0.566. The molecule has 15 heavy (non-hydrogen) atoms. The molecular formula is C10H11N3O2. The van der Waals surface area contributed by atoms with Gasteiger partial charge in [0.05, 0.1) is 11.8 Å². The van der Waals surface area contributed by atoms with Crippen molar-refractivity contribution in [2.45, 2.75) is 13.3 Å². The van der Waals surface area contributed by atoms with Gasteiger partial charge in [0, 0.05) is 13.0 Å². The van der Waals surface area contributed by atoms with E-state index in [-0.39, 0.29) is 5.56 Å². The van der Waals surface area contributed by atoms with Gasteiger partial charge in [-0.15, -0.1) is 16.9 Å². The molecule has 0 amide bonds. The standard InChI is InChI=1S/C10H11N3O2/c1-2-3-4-5-11-9-6-8(10(14)15)7-12-13-9/h6-7H,4-5H2,1H3,(H,11,13)(H,14,15). The van der Waals surface area contributed by atoms with Crippen LogP contribution < -0.4 is 5.32 Å². The summed E-state index contributed by atoms with van der Waals surface area (Å²) < 4.78 is 0. The first-order chi connectivity index (χ1) is 7.24. The highest BCUT2D eigenvalue weighted by molar-refractivity contribution is 5.87. The smallest absolute Gasteiger partial charge is 0.337 e. The van der Waals surface area contributed by atoms with Gasteiger partial charge in [-0.1, -0.05) is 0 Å². The third-order valence-electron chi connectivity index (χ3n) is 1.63. The Hall–Kier alpha value is -2.09. The highest BCUT2D eigenvalue weighted by Gasteiger charge is 2.04. The van der Waals surface area contributed by atoms with Crippen molar-refractivity contribution in [2.24, 2.45) is 0 Å². The summed E-state index contributed by atoms with van der Waals surface area (Å²) in [5.41, 5.74) is 0.120. The van der Waals surface area contributed by atoms with Gasteiger partial charge >= 0.3 is 5.97 Å². The van der Waals surface area contributed by atoms with E-state index in [4.69, 9.17) is 5.11 Å². The molecule has 2 N–H and O–H groups in total. The van der Waals surface area contributed by atoms with Crippen molar-refractivity contribution in [3.8, 4) is 11.8 Å². The van der Waals surface area contributed by atoms with Crippen molar-refractivity contribution in [3.63, 3.8) is 0 Å². The van der Waals surface area contributed by atoms with Crippen molar-refractivity contribution < 1.29 is 9.90 Å². The molecule has 0 fully saturated rings. The summed E-state index contributed by atoms with van der Waals surface area (Å²) in [4.78, 5) is 10.6. The largest absolute Gasteiger partial charge is 0.478 e.